The number of hydrogen-bond acceptors (Lipinski definition) is 5. The highest BCUT2D eigenvalue weighted by Gasteiger charge is 2.45. The minimum Gasteiger partial charge on any atom is -0.377 e. The molecule has 0 aromatic carbocycles. The van der Waals surface area contributed by atoms with Gasteiger partial charge in [0.2, 0.25) is 5.89 Å². The van der Waals surface area contributed by atoms with Gasteiger partial charge in [0.05, 0.1) is 12.0 Å². The van der Waals surface area contributed by atoms with Crippen molar-refractivity contribution in [2.75, 3.05) is 13.2 Å². The molecule has 5 nitrogen and oxygen atoms in total. The van der Waals surface area contributed by atoms with E-state index < -0.39 is 0 Å². The zero-order valence-electron chi connectivity index (χ0n) is 11.4. The molecule has 3 aliphatic rings. The summed E-state index contributed by atoms with van der Waals surface area (Å²) in [6, 6.07) is 1.39. The Labute approximate surface area is 113 Å². The molecule has 3 heterocycles. The Morgan fingerprint density at radius 1 is 1.26 bits per heavy atom. The summed E-state index contributed by atoms with van der Waals surface area (Å²) in [5.41, 5.74) is 0. The Bertz CT molecular complexity index is 457. The Hall–Kier alpha value is -0.940. The Kier molecular flexibility index (Phi) is 2.84. The summed E-state index contributed by atoms with van der Waals surface area (Å²) in [7, 11) is 0. The number of hydrogen-bond donors (Lipinski definition) is 0. The van der Waals surface area contributed by atoms with E-state index in [1.807, 2.05) is 6.92 Å². The third kappa shape index (κ3) is 1.99. The van der Waals surface area contributed by atoms with Crippen LogP contribution in [-0.2, 0) is 4.74 Å². The number of piperidine rings is 1. The second kappa shape index (κ2) is 4.56. The third-order valence-electron chi connectivity index (χ3n) is 4.98. The van der Waals surface area contributed by atoms with Gasteiger partial charge < -0.3 is 9.26 Å². The number of likely N-dealkylation sites (tertiary alicyclic amines) is 1. The fourth-order valence-electron chi connectivity index (χ4n) is 3.78. The van der Waals surface area contributed by atoms with Gasteiger partial charge in [-0.25, -0.2) is 0 Å². The highest BCUT2D eigenvalue weighted by atomic mass is 16.5. The van der Waals surface area contributed by atoms with E-state index in [9.17, 15) is 0 Å². The van der Waals surface area contributed by atoms with Gasteiger partial charge in [-0.15, -0.1) is 0 Å². The number of rotatable bonds is 2. The van der Waals surface area contributed by atoms with Gasteiger partial charge in [-0.05, 0) is 32.6 Å². The highest BCUT2D eigenvalue weighted by molar-refractivity contribution is 5.05. The second-order valence-electron chi connectivity index (χ2n) is 6.16. The summed E-state index contributed by atoms with van der Waals surface area (Å²) in [4.78, 5) is 7.10. The minimum atomic E-state index is 0.348. The normalized spacial score (nSPS) is 36.2. The van der Waals surface area contributed by atoms with E-state index in [0.29, 0.717) is 18.1 Å². The molecule has 2 aliphatic heterocycles. The molecule has 104 valence electrons. The molecule has 0 N–H and O–H groups in total. The molecule has 0 radical (unpaired) electrons. The van der Waals surface area contributed by atoms with Gasteiger partial charge >= 0.3 is 0 Å². The lowest BCUT2D eigenvalue weighted by molar-refractivity contribution is -0.0239. The Morgan fingerprint density at radius 2 is 2.16 bits per heavy atom. The van der Waals surface area contributed by atoms with E-state index in [0.717, 1.165) is 37.3 Å². The van der Waals surface area contributed by atoms with Gasteiger partial charge in [-0.1, -0.05) is 11.6 Å². The molecule has 1 saturated carbocycles. The molecule has 0 unspecified atom stereocenters. The molecule has 3 atom stereocenters. The van der Waals surface area contributed by atoms with Crippen LogP contribution in [0.25, 0.3) is 0 Å². The van der Waals surface area contributed by atoms with E-state index in [-0.39, 0.29) is 0 Å². The zero-order valence-corrected chi connectivity index (χ0v) is 11.4. The lowest BCUT2D eigenvalue weighted by Gasteiger charge is -2.47. The predicted molar refractivity (Wildman–Crippen MR) is 68.9 cm³/mol. The summed E-state index contributed by atoms with van der Waals surface area (Å²) in [5.74, 6) is 1.89. The van der Waals surface area contributed by atoms with Crippen molar-refractivity contribution in [3.05, 3.63) is 11.7 Å². The van der Waals surface area contributed by atoms with Crippen LogP contribution in [-0.4, -0.2) is 46.4 Å². The predicted octanol–water partition coefficient (Wildman–Crippen LogP) is 1.88. The van der Waals surface area contributed by atoms with Crippen molar-refractivity contribution in [3.8, 4) is 0 Å². The second-order valence-corrected chi connectivity index (χ2v) is 6.16. The number of nitrogens with zero attached hydrogens (tertiary/aromatic N) is 3. The Morgan fingerprint density at radius 3 is 2.84 bits per heavy atom. The lowest BCUT2D eigenvalue weighted by atomic mass is 9.83. The fourth-order valence-corrected chi connectivity index (χ4v) is 3.78. The monoisotopic (exact) mass is 263 g/mol. The maximum Gasteiger partial charge on any atom is 0.231 e. The molecule has 2 saturated heterocycles. The maximum absolute atomic E-state index is 5.93. The number of fused-ring (bicyclic) bond motifs is 1. The molecule has 0 amide bonds. The van der Waals surface area contributed by atoms with Gasteiger partial charge in [0.15, 0.2) is 5.82 Å². The van der Waals surface area contributed by atoms with Crippen molar-refractivity contribution in [2.45, 2.75) is 63.1 Å². The first-order valence-electron chi connectivity index (χ1n) is 7.49. The van der Waals surface area contributed by atoms with Crippen LogP contribution < -0.4 is 0 Å². The smallest absolute Gasteiger partial charge is 0.231 e. The van der Waals surface area contributed by atoms with Crippen molar-refractivity contribution in [2.24, 2.45) is 0 Å². The summed E-state index contributed by atoms with van der Waals surface area (Å²) < 4.78 is 11.3. The van der Waals surface area contributed by atoms with E-state index in [4.69, 9.17) is 9.26 Å². The average Bonchev–Trinajstić information content (AvgIpc) is 2.94. The van der Waals surface area contributed by atoms with Crippen molar-refractivity contribution >= 4 is 0 Å². The maximum atomic E-state index is 5.93. The SMILES string of the molecule is Cc1noc([C@@H]2C[C@@H]3OCC[C@@H]3N(C3CCC3)C2)n1. The van der Waals surface area contributed by atoms with E-state index in [1.165, 1.54) is 25.7 Å². The quantitative estimate of drug-likeness (QED) is 0.815. The first-order chi connectivity index (χ1) is 9.31. The van der Waals surface area contributed by atoms with Crippen LogP contribution in [0.3, 0.4) is 0 Å². The molecular formula is C14H21N3O2. The van der Waals surface area contributed by atoms with Gasteiger partial charge in [0.1, 0.15) is 0 Å². The van der Waals surface area contributed by atoms with Crippen molar-refractivity contribution in [3.63, 3.8) is 0 Å². The molecule has 0 spiro atoms. The summed E-state index contributed by atoms with van der Waals surface area (Å²) in [6.07, 6.45) is 6.67. The number of ether oxygens (including phenoxy) is 1. The minimum absolute atomic E-state index is 0.348. The van der Waals surface area contributed by atoms with Gasteiger partial charge in [0.25, 0.3) is 0 Å². The van der Waals surface area contributed by atoms with E-state index in [2.05, 4.69) is 15.0 Å². The standard InChI is InChI=1S/C14H21N3O2/c1-9-15-14(19-16-9)10-7-13-12(5-6-18-13)17(8-10)11-3-2-4-11/h10-13H,2-8H2,1H3/t10-,12+,13+/m1/s1. The lowest BCUT2D eigenvalue weighted by Crippen LogP contribution is -2.55. The first-order valence-corrected chi connectivity index (χ1v) is 7.49. The molecule has 3 fully saturated rings. The van der Waals surface area contributed by atoms with Gasteiger partial charge in [-0.2, -0.15) is 4.98 Å². The van der Waals surface area contributed by atoms with Gasteiger partial charge in [0, 0.05) is 25.2 Å². The van der Waals surface area contributed by atoms with Crippen molar-refractivity contribution < 1.29 is 9.26 Å². The fraction of sp³-hybridized carbons (Fsp3) is 0.857. The van der Waals surface area contributed by atoms with Crippen LogP contribution in [0.5, 0.6) is 0 Å². The van der Waals surface area contributed by atoms with Crippen LogP contribution in [0.2, 0.25) is 0 Å². The van der Waals surface area contributed by atoms with Crippen LogP contribution in [0.1, 0.15) is 49.7 Å². The molecule has 1 aromatic rings. The van der Waals surface area contributed by atoms with Gasteiger partial charge in [-0.3, -0.25) is 4.90 Å². The number of aryl methyl sites for hydroxylation is 1. The summed E-state index contributed by atoms with van der Waals surface area (Å²) >= 11 is 0. The third-order valence-corrected chi connectivity index (χ3v) is 4.98. The van der Waals surface area contributed by atoms with Crippen molar-refractivity contribution in [1.29, 1.82) is 0 Å². The molecular weight excluding hydrogens is 242 g/mol. The van der Waals surface area contributed by atoms with Crippen LogP contribution in [0, 0.1) is 6.92 Å². The van der Waals surface area contributed by atoms with Crippen LogP contribution >= 0.6 is 0 Å². The molecule has 5 heteroatoms. The molecule has 19 heavy (non-hydrogen) atoms. The zero-order chi connectivity index (χ0) is 12.8. The first kappa shape index (κ1) is 11.9. The summed E-state index contributed by atoms with van der Waals surface area (Å²) in [6.45, 7) is 3.86. The van der Waals surface area contributed by atoms with Crippen molar-refractivity contribution in [1.82, 2.24) is 15.0 Å². The highest BCUT2D eigenvalue weighted by Crippen LogP contribution is 2.40. The molecule has 1 aromatic heterocycles. The largest absolute Gasteiger partial charge is 0.377 e. The Balaban J connectivity index is 1.57. The summed E-state index contributed by atoms with van der Waals surface area (Å²) in [5, 5.41) is 3.94. The molecule has 0 bridgehead atoms. The number of aromatic nitrogens is 2. The van der Waals surface area contributed by atoms with Crippen LogP contribution in [0.4, 0.5) is 0 Å². The molecule has 1 aliphatic carbocycles. The van der Waals surface area contributed by atoms with Crippen LogP contribution in [0.15, 0.2) is 4.52 Å². The molecule has 4 rings (SSSR count). The van der Waals surface area contributed by atoms with E-state index >= 15 is 0 Å². The van der Waals surface area contributed by atoms with E-state index in [1.54, 1.807) is 0 Å². The average molecular weight is 263 g/mol. The topological polar surface area (TPSA) is 51.4 Å².